The van der Waals surface area contributed by atoms with Crippen molar-refractivity contribution in [2.45, 2.75) is 12.8 Å². The van der Waals surface area contributed by atoms with Crippen LogP contribution in [-0.4, -0.2) is 13.4 Å². The second-order valence-electron chi connectivity index (χ2n) is 4.51. The molecule has 0 bridgehead atoms. The molecule has 0 saturated heterocycles. The number of benzene rings is 1. The SMILES string of the molecule is COc1ccc2c(c1)CCC(c1cccs1)=C2C=O. The van der Waals surface area contributed by atoms with Crippen LogP contribution in [0.4, 0.5) is 0 Å². The fraction of sp³-hybridized carbons (Fsp3) is 0.188. The average molecular weight is 270 g/mol. The van der Waals surface area contributed by atoms with Crippen LogP contribution in [0.15, 0.2) is 35.7 Å². The molecule has 1 aromatic carbocycles. The first-order valence-corrected chi connectivity index (χ1v) is 7.11. The van der Waals surface area contributed by atoms with Crippen LogP contribution in [-0.2, 0) is 11.2 Å². The zero-order valence-corrected chi connectivity index (χ0v) is 11.5. The van der Waals surface area contributed by atoms with Crippen LogP contribution >= 0.6 is 11.3 Å². The Hall–Kier alpha value is -1.87. The predicted octanol–water partition coefficient (Wildman–Crippen LogP) is 3.81. The van der Waals surface area contributed by atoms with Crippen molar-refractivity contribution in [3.05, 3.63) is 51.7 Å². The lowest BCUT2D eigenvalue weighted by atomic mass is 9.85. The quantitative estimate of drug-likeness (QED) is 0.793. The number of carbonyl (C=O) groups excluding carboxylic acids is 1. The molecule has 96 valence electrons. The molecule has 1 aliphatic rings. The van der Waals surface area contributed by atoms with Gasteiger partial charge in [-0.15, -0.1) is 11.3 Å². The van der Waals surface area contributed by atoms with Crippen molar-refractivity contribution < 1.29 is 9.53 Å². The number of methoxy groups -OCH3 is 1. The Morgan fingerprint density at radius 1 is 1.26 bits per heavy atom. The fourth-order valence-corrected chi connectivity index (χ4v) is 3.38. The maximum Gasteiger partial charge on any atom is 0.150 e. The summed E-state index contributed by atoms with van der Waals surface area (Å²) in [4.78, 5) is 12.7. The van der Waals surface area contributed by atoms with Crippen LogP contribution in [0.1, 0.15) is 22.4 Å². The molecule has 0 N–H and O–H groups in total. The van der Waals surface area contributed by atoms with E-state index in [0.29, 0.717) is 0 Å². The Balaban J connectivity index is 2.15. The summed E-state index contributed by atoms with van der Waals surface area (Å²) in [6.07, 6.45) is 2.85. The number of rotatable bonds is 3. The summed E-state index contributed by atoms with van der Waals surface area (Å²) in [5.41, 5.74) is 4.24. The van der Waals surface area contributed by atoms with Crippen LogP contribution in [0.2, 0.25) is 0 Å². The average Bonchev–Trinajstić information content (AvgIpc) is 2.99. The number of carbonyl (C=O) groups is 1. The van der Waals surface area contributed by atoms with E-state index in [1.54, 1.807) is 18.4 Å². The number of aldehydes is 1. The third kappa shape index (κ3) is 2.10. The Labute approximate surface area is 116 Å². The molecular formula is C16H14O2S. The first-order valence-electron chi connectivity index (χ1n) is 6.23. The van der Waals surface area contributed by atoms with Crippen molar-refractivity contribution in [3.8, 4) is 5.75 Å². The summed E-state index contributed by atoms with van der Waals surface area (Å²) < 4.78 is 5.25. The van der Waals surface area contributed by atoms with Gasteiger partial charge in [0, 0.05) is 10.5 Å². The summed E-state index contributed by atoms with van der Waals surface area (Å²) >= 11 is 1.69. The van der Waals surface area contributed by atoms with E-state index < -0.39 is 0 Å². The van der Waals surface area contributed by atoms with Gasteiger partial charge in [-0.3, -0.25) is 4.79 Å². The highest BCUT2D eigenvalue weighted by atomic mass is 32.1. The molecule has 0 radical (unpaired) electrons. The van der Waals surface area contributed by atoms with Gasteiger partial charge in [0.15, 0.2) is 6.29 Å². The monoisotopic (exact) mass is 270 g/mol. The standard InChI is InChI=1S/C16H14O2S/c1-18-12-5-7-13-11(9-12)4-6-14(15(13)10-17)16-3-2-8-19-16/h2-3,5,7-10H,4,6H2,1H3. The van der Waals surface area contributed by atoms with Crippen molar-refractivity contribution in [1.82, 2.24) is 0 Å². The smallest absolute Gasteiger partial charge is 0.150 e. The molecule has 1 aromatic heterocycles. The third-order valence-corrected chi connectivity index (χ3v) is 4.44. The van der Waals surface area contributed by atoms with E-state index in [1.165, 1.54) is 16.0 Å². The second kappa shape index (κ2) is 5.02. The molecule has 0 fully saturated rings. The van der Waals surface area contributed by atoms with E-state index in [2.05, 4.69) is 6.07 Å². The van der Waals surface area contributed by atoms with E-state index in [4.69, 9.17) is 4.74 Å². The minimum atomic E-state index is 0.825. The lowest BCUT2D eigenvalue weighted by Crippen LogP contribution is -2.05. The molecule has 0 amide bonds. The van der Waals surface area contributed by atoms with E-state index in [1.807, 2.05) is 29.6 Å². The molecule has 0 spiro atoms. The summed E-state index contributed by atoms with van der Waals surface area (Å²) in [7, 11) is 1.66. The Bertz CT molecular complexity index is 639. The van der Waals surface area contributed by atoms with E-state index >= 15 is 0 Å². The molecule has 3 rings (SSSR count). The van der Waals surface area contributed by atoms with Gasteiger partial charge < -0.3 is 4.74 Å². The van der Waals surface area contributed by atoms with E-state index in [-0.39, 0.29) is 0 Å². The zero-order chi connectivity index (χ0) is 13.2. The normalized spacial score (nSPS) is 14.2. The second-order valence-corrected chi connectivity index (χ2v) is 5.46. The molecule has 1 aliphatic carbocycles. The maximum atomic E-state index is 11.5. The van der Waals surface area contributed by atoms with Crippen LogP contribution in [0.5, 0.6) is 5.75 Å². The fourth-order valence-electron chi connectivity index (χ4n) is 2.56. The van der Waals surface area contributed by atoms with Crippen molar-refractivity contribution in [2.24, 2.45) is 0 Å². The number of aryl methyl sites for hydroxylation is 1. The first kappa shape index (κ1) is 12.2. The van der Waals surface area contributed by atoms with Gasteiger partial charge in [0.2, 0.25) is 0 Å². The molecule has 3 heteroatoms. The van der Waals surface area contributed by atoms with Crippen molar-refractivity contribution >= 4 is 28.8 Å². The van der Waals surface area contributed by atoms with Crippen molar-refractivity contribution in [1.29, 1.82) is 0 Å². The van der Waals surface area contributed by atoms with Gasteiger partial charge in [0.25, 0.3) is 0 Å². The van der Waals surface area contributed by atoms with E-state index in [0.717, 1.165) is 36.0 Å². The van der Waals surface area contributed by atoms with Crippen LogP contribution in [0, 0.1) is 0 Å². The topological polar surface area (TPSA) is 26.3 Å². The number of thiophene rings is 1. The molecule has 0 unspecified atom stereocenters. The number of ether oxygens (including phenoxy) is 1. The van der Waals surface area contributed by atoms with Crippen LogP contribution in [0.25, 0.3) is 11.1 Å². The summed E-state index contributed by atoms with van der Waals surface area (Å²) in [5.74, 6) is 0.851. The highest BCUT2D eigenvalue weighted by Gasteiger charge is 2.20. The van der Waals surface area contributed by atoms with Gasteiger partial charge in [-0.05, 0) is 53.1 Å². The Morgan fingerprint density at radius 3 is 2.84 bits per heavy atom. The van der Waals surface area contributed by atoms with E-state index in [9.17, 15) is 4.79 Å². The number of allylic oxidation sites excluding steroid dienone is 2. The summed E-state index contributed by atoms with van der Waals surface area (Å²) in [6.45, 7) is 0. The highest BCUT2D eigenvalue weighted by molar-refractivity contribution is 7.11. The van der Waals surface area contributed by atoms with Gasteiger partial charge in [-0.2, -0.15) is 0 Å². The Morgan fingerprint density at radius 2 is 2.16 bits per heavy atom. The minimum Gasteiger partial charge on any atom is -0.497 e. The molecule has 1 heterocycles. The lowest BCUT2D eigenvalue weighted by molar-refractivity contribution is -0.103. The number of hydrogen-bond donors (Lipinski definition) is 0. The van der Waals surface area contributed by atoms with Gasteiger partial charge in [0.05, 0.1) is 7.11 Å². The van der Waals surface area contributed by atoms with Gasteiger partial charge >= 0.3 is 0 Å². The number of hydrogen-bond acceptors (Lipinski definition) is 3. The van der Waals surface area contributed by atoms with Crippen LogP contribution < -0.4 is 4.74 Å². The van der Waals surface area contributed by atoms with Gasteiger partial charge in [-0.1, -0.05) is 12.1 Å². The van der Waals surface area contributed by atoms with Crippen LogP contribution in [0.3, 0.4) is 0 Å². The molecule has 2 nitrogen and oxygen atoms in total. The zero-order valence-electron chi connectivity index (χ0n) is 10.7. The first-order chi connectivity index (χ1) is 9.33. The molecule has 0 aliphatic heterocycles. The minimum absolute atomic E-state index is 0.825. The molecule has 0 atom stereocenters. The Kier molecular flexibility index (Phi) is 3.22. The molecule has 19 heavy (non-hydrogen) atoms. The molecule has 2 aromatic rings. The van der Waals surface area contributed by atoms with Crippen molar-refractivity contribution in [2.75, 3.05) is 7.11 Å². The highest BCUT2D eigenvalue weighted by Crippen LogP contribution is 2.38. The maximum absolute atomic E-state index is 11.5. The molecule has 0 saturated carbocycles. The largest absolute Gasteiger partial charge is 0.497 e. The van der Waals surface area contributed by atoms with Gasteiger partial charge in [0.1, 0.15) is 5.75 Å². The third-order valence-electron chi connectivity index (χ3n) is 3.51. The van der Waals surface area contributed by atoms with Crippen molar-refractivity contribution in [3.63, 3.8) is 0 Å². The number of fused-ring (bicyclic) bond motifs is 1. The lowest BCUT2D eigenvalue weighted by Gasteiger charge is -2.20. The molecular weight excluding hydrogens is 256 g/mol. The van der Waals surface area contributed by atoms with Gasteiger partial charge in [-0.25, -0.2) is 0 Å². The summed E-state index contributed by atoms with van der Waals surface area (Å²) in [5, 5.41) is 2.05. The predicted molar refractivity (Wildman–Crippen MR) is 78.5 cm³/mol. The summed E-state index contributed by atoms with van der Waals surface area (Å²) in [6, 6.07) is 10.0.